The predicted molar refractivity (Wildman–Crippen MR) is 206 cm³/mol. The molecule has 314 valence electrons. The first-order valence-corrected chi connectivity index (χ1v) is 22.2. The monoisotopic (exact) mass is 869 g/mol. The number of alkyl halides is 2. The topological polar surface area (TPSA) is 255 Å². The molecule has 3 fully saturated rings. The number of halogens is 2. The maximum absolute atomic E-state index is 16.9. The van der Waals surface area contributed by atoms with Gasteiger partial charge in [-0.2, -0.15) is 0 Å². The normalized spacial score (nSPS) is 29.7. The first-order valence-electron chi connectivity index (χ1n) is 18.6. The van der Waals surface area contributed by atoms with E-state index in [4.69, 9.17) is 36.6 Å². The Balaban J connectivity index is 1.11. The van der Waals surface area contributed by atoms with Crippen molar-refractivity contribution < 1.29 is 54.8 Å². The van der Waals surface area contributed by atoms with E-state index in [9.17, 15) is 19.9 Å². The summed E-state index contributed by atoms with van der Waals surface area (Å²) in [4.78, 5) is 38.4. The van der Waals surface area contributed by atoms with Crippen molar-refractivity contribution in [1.29, 1.82) is 10.5 Å². The molecule has 1 N–H and O–H groups in total. The first-order chi connectivity index (χ1) is 29.0. The molecule has 1 aromatic carbocycles. The van der Waals surface area contributed by atoms with Crippen LogP contribution < -0.4 is 5.32 Å². The Bertz CT molecular complexity index is 2500. The molecule has 0 spiro atoms. The van der Waals surface area contributed by atoms with Crippen molar-refractivity contribution in [3.8, 4) is 12.1 Å². The zero-order valence-electron chi connectivity index (χ0n) is 31.8. The van der Waals surface area contributed by atoms with Crippen molar-refractivity contribution in [3.05, 3.63) is 66.9 Å². The molecule has 3 aliphatic rings. The summed E-state index contributed by atoms with van der Waals surface area (Å²) in [6, 6.07) is 12.2. The Kier molecular flexibility index (Phi) is 12.2. The molecule has 1 unspecified atom stereocenters. The number of benzene rings is 1. The van der Waals surface area contributed by atoms with E-state index >= 15 is 8.78 Å². The number of nitrogens with zero attached hydrogens (tertiary/aromatic N) is 10. The van der Waals surface area contributed by atoms with Crippen LogP contribution in [-0.2, 0) is 41.2 Å². The van der Waals surface area contributed by atoms with E-state index < -0.39 is 90.6 Å². The summed E-state index contributed by atoms with van der Waals surface area (Å²) in [6.45, 7) is -0.113. The first kappa shape index (κ1) is 41.8. The van der Waals surface area contributed by atoms with Gasteiger partial charge < -0.3 is 0 Å². The van der Waals surface area contributed by atoms with Crippen molar-refractivity contribution in [3.63, 3.8) is 0 Å². The minimum absolute atomic E-state index is 0.0371. The fraction of sp³-hybridized carbons (Fsp3) is 0.441. The molecule has 21 nitrogen and oxygen atoms in total. The fourth-order valence-corrected chi connectivity index (χ4v) is 10.2. The summed E-state index contributed by atoms with van der Waals surface area (Å²) in [5.41, 5.74) is 1.73. The van der Waals surface area contributed by atoms with E-state index in [0.29, 0.717) is 16.8 Å². The molecule has 3 saturated heterocycles. The van der Waals surface area contributed by atoms with Gasteiger partial charge >= 0.3 is 311 Å². The summed E-state index contributed by atoms with van der Waals surface area (Å²) in [5, 5.41) is 21.2. The second-order valence-electron chi connectivity index (χ2n) is 13.7. The van der Waals surface area contributed by atoms with Crippen LogP contribution in [0.3, 0.4) is 0 Å². The van der Waals surface area contributed by atoms with Gasteiger partial charge in [0, 0.05) is 0 Å². The number of nitrogens with one attached hydrogen (secondary N) is 1. The second-order valence-corrected chi connectivity index (χ2v) is 17.9. The third-order valence-corrected chi connectivity index (χ3v) is 13.4. The van der Waals surface area contributed by atoms with Gasteiger partial charge in [0.05, 0.1) is 0 Å². The third-order valence-electron chi connectivity index (χ3n) is 9.80. The molecule has 4 aromatic heterocycles. The summed E-state index contributed by atoms with van der Waals surface area (Å²) < 4.78 is 98.8. The molecule has 3 aliphatic heterocycles. The second kappa shape index (κ2) is 17.6. The van der Waals surface area contributed by atoms with Crippen molar-refractivity contribution in [2.75, 3.05) is 31.7 Å². The number of aromatic nitrogens is 8. The van der Waals surface area contributed by atoms with Crippen molar-refractivity contribution in [2.24, 2.45) is 0 Å². The van der Waals surface area contributed by atoms with Gasteiger partial charge in [-0.25, -0.2) is 0 Å². The maximum atomic E-state index is 16.9. The van der Waals surface area contributed by atoms with E-state index in [-0.39, 0.29) is 42.1 Å². The van der Waals surface area contributed by atoms with Crippen LogP contribution in [0.5, 0.6) is 0 Å². The van der Waals surface area contributed by atoms with Gasteiger partial charge in [0.1, 0.15) is 0 Å². The molecular formula is C34H36BF2N11O10P2. The van der Waals surface area contributed by atoms with Gasteiger partial charge in [-0.05, 0) is 12.1 Å². The van der Waals surface area contributed by atoms with Crippen LogP contribution >= 0.6 is 15.6 Å². The number of nitriles is 2. The third kappa shape index (κ3) is 8.36. The van der Waals surface area contributed by atoms with Crippen LogP contribution in [0.4, 0.5) is 14.6 Å². The van der Waals surface area contributed by atoms with Crippen molar-refractivity contribution in [1.82, 2.24) is 39.0 Å². The molecule has 1 amide bonds. The van der Waals surface area contributed by atoms with Crippen LogP contribution in [0.25, 0.3) is 22.3 Å². The Morgan fingerprint density at radius 2 is 1.55 bits per heavy atom. The summed E-state index contributed by atoms with van der Waals surface area (Å²) in [7, 11) is -7.40. The number of fused-ring (bicyclic) bond motifs is 4. The molecule has 7 heterocycles. The number of imidazole rings is 2. The molecule has 8 rings (SSSR count). The molecule has 26 heteroatoms. The number of rotatable bonds is 10. The molecule has 0 saturated carbocycles. The Morgan fingerprint density at radius 1 is 0.917 bits per heavy atom. The van der Waals surface area contributed by atoms with Crippen LogP contribution in [-0.4, -0.2) is 116 Å². The number of carbonyl (C=O) groups is 1. The number of amides is 1. The van der Waals surface area contributed by atoms with Gasteiger partial charge in [-0.15, -0.1) is 0 Å². The zero-order chi connectivity index (χ0) is 42.0. The Labute approximate surface area is 340 Å². The summed E-state index contributed by atoms with van der Waals surface area (Å²) in [6.07, 6.45) is -8.33. The number of phosphoric acid groups is 1. The van der Waals surface area contributed by atoms with Crippen LogP contribution in [0.15, 0.2) is 55.6 Å². The minimum atomic E-state index is -4.83. The van der Waals surface area contributed by atoms with E-state index in [1.165, 1.54) is 35.7 Å². The van der Waals surface area contributed by atoms with Gasteiger partial charge in [-0.1, -0.05) is 18.2 Å². The number of ether oxygens (including phenoxy) is 2. The number of aryl methyl sites for hydroxylation is 1. The fourth-order valence-electron chi connectivity index (χ4n) is 6.91. The van der Waals surface area contributed by atoms with Crippen LogP contribution in [0.2, 0.25) is 0 Å². The number of carbonyl (C=O) groups excluding carboxylic acids is 1. The van der Waals surface area contributed by atoms with Gasteiger partial charge in [0.2, 0.25) is 0 Å². The molecule has 0 aliphatic carbocycles. The standard InChI is InChI=1S/C34H36BF2N11O10P2/c1-19-25-30(42-15-40-19)47(17-44-25)33-23(36)27-22(56-33)14-54-60(50,52-12-6-10-39)58-28-21(13-53-59(35,57-27)51-11-5-9-38)55-34(24(28)37)48-18-45-26-29(41-16-43-31(26)48)46-32(49)20-7-3-2-4-8-20/h2-4,7-8,15-18,21-24,27-28,33-34,59H,5-6,11-14,35H2,1H3,(H,41,43,46,49)/t21-,22-,23-,24-,27-,28-,33-,34-,60?/m1/s1. The Hall–Kier alpha value is -4.97. The van der Waals surface area contributed by atoms with E-state index in [1.807, 2.05) is 12.1 Å². The molecule has 9 atom stereocenters. The predicted octanol–water partition coefficient (Wildman–Crippen LogP) is 3.53. The van der Waals surface area contributed by atoms with Crippen LogP contribution in [0, 0.1) is 29.6 Å². The van der Waals surface area contributed by atoms with E-state index in [1.54, 1.807) is 37.3 Å². The van der Waals surface area contributed by atoms with Crippen molar-refractivity contribution in [2.45, 2.75) is 69.0 Å². The van der Waals surface area contributed by atoms with E-state index in [0.717, 1.165) is 6.33 Å². The van der Waals surface area contributed by atoms with Crippen molar-refractivity contribution >= 4 is 57.3 Å². The van der Waals surface area contributed by atoms with E-state index in [2.05, 4.69) is 35.2 Å². The van der Waals surface area contributed by atoms with Gasteiger partial charge in [0.15, 0.2) is 0 Å². The summed E-state index contributed by atoms with van der Waals surface area (Å²) >= 11 is 0. The molecule has 5 aromatic rings. The van der Waals surface area contributed by atoms with Gasteiger partial charge in [-0.3, -0.25) is 0 Å². The quantitative estimate of drug-likeness (QED) is 0.120. The SMILES string of the molecule is B[PH]1(OCCC#N)OC[C@H]2O[C@@H](n3cnc4c(NC(=O)c5ccccc5)ncnc43)[C@H](F)[C@@H]2OP(=O)(OCCC#N)OC[C@H]2O[C@@H](n3cnc4c(C)ncnc43)[C@H](F)[C@@H]2O1. The molecule has 0 bridgehead atoms. The molecule has 0 radical (unpaired) electrons. The average molecular weight is 869 g/mol. The summed E-state index contributed by atoms with van der Waals surface area (Å²) in [5.74, 6) is -0.439. The Morgan fingerprint density at radius 3 is 2.27 bits per heavy atom. The number of anilines is 1. The number of hydrogen-bond donors (Lipinski definition) is 1. The molecule has 60 heavy (non-hydrogen) atoms. The number of phosphoric ester groups is 1. The zero-order valence-corrected chi connectivity index (χ0v) is 33.7. The van der Waals surface area contributed by atoms with Crippen LogP contribution in [0.1, 0.15) is 41.3 Å². The van der Waals surface area contributed by atoms with Gasteiger partial charge in [0.25, 0.3) is 0 Å². The average Bonchev–Trinajstić information content (AvgIpc) is 4.01. The molecular weight excluding hydrogens is 833 g/mol. The number of hydrogen-bond acceptors (Lipinski definition) is 18.